The minimum Gasteiger partial charge on any atom is -0.393 e. The lowest BCUT2D eigenvalue weighted by Crippen LogP contribution is -2.06. The fourth-order valence-electron chi connectivity index (χ4n) is 0.698. The molecule has 0 rings (SSSR count). The van der Waals surface area contributed by atoms with Crippen molar-refractivity contribution >= 4 is 0 Å². The van der Waals surface area contributed by atoms with E-state index in [2.05, 4.69) is 0 Å². The van der Waals surface area contributed by atoms with Gasteiger partial charge in [0.15, 0.2) is 0 Å². The first-order valence-corrected chi connectivity index (χ1v) is 3.92. The van der Waals surface area contributed by atoms with E-state index < -0.39 is 0 Å². The van der Waals surface area contributed by atoms with Crippen LogP contribution in [0.25, 0.3) is 0 Å². The van der Waals surface area contributed by atoms with E-state index in [1.54, 1.807) is 6.92 Å². The maximum absolute atomic E-state index is 8.86. The molecular formula is C8H18O2. The molecule has 0 heterocycles. The molecule has 2 nitrogen and oxygen atoms in total. The molecule has 0 amide bonds. The van der Waals surface area contributed by atoms with Gasteiger partial charge in [-0.3, -0.25) is 0 Å². The second kappa shape index (κ2) is 5.69. The molecule has 62 valence electrons. The zero-order valence-corrected chi connectivity index (χ0v) is 7.13. The zero-order chi connectivity index (χ0) is 7.98. The molecule has 1 atom stereocenters. The third-order valence-electron chi connectivity index (χ3n) is 1.22. The predicted octanol–water partition coefficient (Wildman–Crippen LogP) is 1.57. The van der Waals surface area contributed by atoms with Crippen LogP contribution < -0.4 is 0 Å². The number of rotatable bonds is 5. The average Bonchev–Trinajstić information content (AvgIpc) is 1.79. The minimum atomic E-state index is -0.184. The van der Waals surface area contributed by atoms with Crippen LogP contribution in [0.15, 0.2) is 0 Å². The Hall–Kier alpha value is -0.0800. The lowest BCUT2D eigenvalue weighted by molar-refractivity contribution is 0.0672. The summed E-state index contributed by atoms with van der Waals surface area (Å²) < 4.78 is 5.28. The van der Waals surface area contributed by atoms with E-state index in [0.29, 0.717) is 6.10 Å². The van der Waals surface area contributed by atoms with Gasteiger partial charge in [0, 0.05) is 6.61 Å². The molecule has 0 saturated heterocycles. The van der Waals surface area contributed by atoms with Gasteiger partial charge in [-0.15, -0.1) is 0 Å². The lowest BCUT2D eigenvalue weighted by atomic mass is 10.2. The predicted molar refractivity (Wildman–Crippen MR) is 42.0 cm³/mol. The van der Waals surface area contributed by atoms with Crippen molar-refractivity contribution in [3.63, 3.8) is 0 Å². The molecule has 0 aliphatic rings. The second-order valence-corrected chi connectivity index (χ2v) is 2.91. The molecule has 2 heteroatoms. The Morgan fingerprint density at radius 3 is 2.30 bits per heavy atom. The van der Waals surface area contributed by atoms with E-state index in [9.17, 15) is 0 Å². The summed E-state index contributed by atoms with van der Waals surface area (Å²) >= 11 is 0. The van der Waals surface area contributed by atoms with Crippen LogP contribution in [0, 0.1) is 0 Å². The Bertz CT molecular complexity index is 59.7. The Kier molecular flexibility index (Phi) is 5.64. The summed E-state index contributed by atoms with van der Waals surface area (Å²) in [5.41, 5.74) is 0. The van der Waals surface area contributed by atoms with Gasteiger partial charge in [-0.2, -0.15) is 0 Å². The summed E-state index contributed by atoms with van der Waals surface area (Å²) in [6.07, 6.45) is 1.92. The molecule has 0 aliphatic heterocycles. The zero-order valence-electron chi connectivity index (χ0n) is 7.13. The molecule has 10 heavy (non-hydrogen) atoms. The summed E-state index contributed by atoms with van der Waals surface area (Å²) in [5, 5.41) is 8.86. The topological polar surface area (TPSA) is 29.5 Å². The number of ether oxygens (including phenoxy) is 1. The Morgan fingerprint density at radius 2 is 1.90 bits per heavy atom. The Morgan fingerprint density at radius 1 is 1.30 bits per heavy atom. The van der Waals surface area contributed by atoms with E-state index in [1.165, 1.54) is 0 Å². The van der Waals surface area contributed by atoms with E-state index in [0.717, 1.165) is 19.4 Å². The van der Waals surface area contributed by atoms with Crippen molar-refractivity contribution < 1.29 is 9.84 Å². The van der Waals surface area contributed by atoms with E-state index in [1.807, 2.05) is 13.8 Å². The largest absolute Gasteiger partial charge is 0.393 e. The van der Waals surface area contributed by atoms with Crippen molar-refractivity contribution in [2.24, 2.45) is 0 Å². The van der Waals surface area contributed by atoms with Crippen LogP contribution in [0.5, 0.6) is 0 Å². The maximum atomic E-state index is 8.86. The van der Waals surface area contributed by atoms with Gasteiger partial charge in [-0.1, -0.05) is 0 Å². The van der Waals surface area contributed by atoms with E-state index in [4.69, 9.17) is 9.84 Å². The molecule has 0 saturated carbocycles. The van der Waals surface area contributed by atoms with Gasteiger partial charge in [-0.25, -0.2) is 0 Å². The van der Waals surface area contributed by atoms with Gasteiger partial charge < -0.3 is 9.84 Å². The number of aliphatic hydroxyl groups is 1. The third kappa shape index (κ3) is 7.92. The molecule has 0 aromatic heterocycles. The summed E-state index contributed by atoms with van der Waals surface area (Å²) in [6.45, 7) is 6.60. The van der Waals surface area contributed by atoms with Crippen LogP contribution in [-0.4, -0.2) is 23.9 Å². The fraction of sp³-hybridized carbons (Fsp3) is 1.00. The minimum absolute atomic E-state index is 0.184. The molecule has 0 bridgehead atoms. The first kappa shape index (κ1) is 9.92. The van der Waals surface area contributed by atoms with E-state index >= 15 is 0 Å². The van der Waals surface area contributed by atoms with Crippen molar-refractivity contribution in [3.8, 4) is 0 Å². The van der Waals surface area contributed by atoms with Gasteiger partial charge in [-0.05, 0) is 33.6 Å². The van der Waals surface area contributed by atoms with Gasteiger partial charge >= 0.3 is 0 Å². The van der Waals surface area contributed by atoms with Gasteiger partial charge in [0.1, 0.15) is 0 Å². The Labute approximate surface area is 63.2 Å². The van der Waals surface area contributed by atoms with Crippen molar-refractivity contribution in [3.05, 3.63) is 0 Å². The van der Waals surface area contributed by atoms with Crippen molar-refractivity contribution in [1.29, 1.82) is 0 Å². The quantitative estimate of drug-likeness (QED) is 0.597. The highest BCUT2D eigenvalue weighted by atomic mass is 16.5. The van der Waals surface area contributed by atoms with Gasteiger partial charge in [0.2, 0.25) is 0 Å². The molecule has 0 aromatic rings. The van der Waals surface area contributed by atoms with Crippen LogP contribution in [0.4, 0.5) is 0 Å². The molecular weight excluding hydrogens is 128 g/mol. The molecule has 0 aromatic carbocycles. The molecule has 0 aliphatic carbocycles. The van der Waals surface area contributed by atoms with Crippen LogP contribution in [0.1, 0.15) is 33.6 Å². The molecule has 1 N–H and O–H groups in total. The smallest absolute Gasteiger partial charge is 0.0518 e. The van der Waals surface area contributed by atoms with Crippen molar-refractivity contribution in [2.45, 2.75) is 45.8 Å². The molecule has 0 unspecified atom stereocenters. The van der Waals surface area contributed by atoms with Crippen molar-refractivity contribution in [1.82, 2.24) is 0 Å². The standard InChI is InChI=1S/C8H18O2/c1-7(2)10-6-4-5-8(3)9/h7-9H,4-6H2,1-3H3/t8-/m1/s1. The second-order valence-electron chi connectivity index (χ2n) is 2.91. The Balaban J connectivity index is 2.91. The number of hydrogen-bond donors (Lipinski definition) is 1. The van der Waals surface area contributed by atoms with Crippen LogP contribution in [0.3, 0.4) is 0 Å². The van der Waals surface area contributed by atoms with Crippen LogP contribution in [-0.2, 0) is 4.74 Å². The summed E-state index contributed by atoms with van der Waals surface area (Å²) in [7, 11) is 0. The van der Waals surface area contributed by atoms with Crippen molar-refractivity contribution in [2.75, 3.05) is 6.61 Å². The molecule has 0 fully saturated rings. The number of aliphatic hydroxyl groups excluding tert-OH is 1. The first-order valence-electron chi connectivity index (χ1n) is 3.92. The highest BCUT2D eigenvalue weighted by molar-refractivity contribution is 4.46. The highest BCUT2D eigenvalue weighted by Gasteiger charge is 1.96. The maximum Gasteiger partial charge on any atom is 0.0518 e. The monoisotopic (exact) mass is 146 g/mol. The first-order chi connectivity index (χ1) is 4.63. The third-order valence-corrected chi connectivity index (χ3v) is 1.22. The summed E-state index contributed by atoms with van der Waals surface area (Å²) in [5.74, 6) is 0. The summed E-state index contributed by atoms with van der Waals surface area (Å²) in [4.78, 5) is 0. The normalized spacial score (nSPS) is 14.1. The van der Waals surface area contributed by atoms with Crippen LogP contribution >= 0.6 is 0 Å². The molecule has 0 radical (unpaired) electrons. The average molecular weight is 146 g/mol. The SMILES string of the molecule is CC(C)OCCC[C@@H](C)O. The van der Waals surface area contributed by atoms with Crippen LogP contribution in [0.2, 0.25) is 0 Å². The van der Waals surface area contributed by atoms with E-state index in [-0.39, 0.29) is 6.10 Å². The van der Waals surface area contributed by atoms with Gasteiger partial charge in [0.05, 0.1) is 12.2 Å². The molecule has 0 spiro atoms. The highest BCUT2D eigenvalue weighted by Crippen LogP contribution is 1.97. The lowest BCUT2D eigenvalue weighted by Gasteiger charge is -2.07. The summed E-state index contributed by atoms with van der Waals surface area (Å²) in [6, 6.07) is 0. The fourth-order valence-corrected chi connectivity index (χ4v) is 0.698. The number of hydrogen-bond acceptors (Lipinski definition) is 2. The van der Waals surface area contributed by atoms with Gasteiger partial charge in [0.25, 0.3) is 0 Å².